The van der Waals surface area contributed by atoms with Crippen LogP contribution in [0.5, 0.6) is 0 Å². The van der Waals surface area contributed by atoms with Gasteiger partial charge < -0.3 is 15.4 Å². The van der Waals surface area contributed by atoms with E-state index in [1.165, 1.54) is 37.8 Å². The number of aliphatic imine (C=N–C) groups is 1. The van der Waals surface area contributed by atoms with E-state index in [1.54, 1.807) is 13.2 Å². The van der Waals surface area contributed by atoms with Gasteiger partial charge in [-0.15, -0.1) is 24.0 Å². The van der Waals surface area contributed by atoms with E-state index in [-0.39, 0.29) is 41.8 Å². The largest absolute Gasteiger partial charge is 0.385 e. The number of methoxy groups -OCH3 is 1. The predicted octanol–water partition coefficient (Wildman–Crippen LogP) is 3.97. The number of benzene rings is 1. The van der Waals surface area contributed by atoms with Gasteiger partial charge in [-0.3, -0.25) is 0 Å². The Kier molecular flexibility index (Phi) is 10.6. The zero-order valence-electron chi connectivity index (χ0n) is 16.2. The molecule has 2 rings (SSSR count). The number of ether oxygens (including phenoxy) is 1. The second-order valence-electron chi connectivity index (χ2n) is 6.92. The van der Waals surface area contributed by atoms with Gasteiger partial charge >= 0.3 is 0 Å². The molecule has 0 aliphatic heterocycles. The molecule has 0 aromatic heterocycles. The van der Waals surface area contributed by atoms with Gasteiger partial charge in [-0.2, -0.15) is 5.26 Å². The minimum absolute atomic E-state index is 0. The second kappa shape index (κ2) is 12.1. The number of hydrogen-bond donors (Lipinski definition) is 2. The minimum Gasteiger partial charge on any atom is -0.385 e. The molecule has 1 fully saturated rings. The quantitative estimate of drug-likeness (QED) is 0.330. The minimum atomic E-state index is -0.337. The van der Waals surface area contributed by atoms with Crippen molar-refractivity contribution in [3.8, 4) is 6.07 Å². The van der Waals surface area contributed by atoms with Crippen LogP contribution in [0.1, 0.15) is 50.2 Å². The van der Waals surface area contributed by atoms with Crippen LogP contribution < -0.4 is 10.6 Å². The Labute approximate surface area is 178 Å². The van der Waals surface area contributed by atoms with E-state index in [4.69, 9.17) is 10.00 Å². The van der Waals surface area contributed by atoms with Gasteiger partial charge in [-0.05, 0) is 49.8 Å². The number of nitriles is 1. The van der Waals surface area contributed by atoms with Crippen molar-refractivity contribution >= 4 is 29.9 Å². The van der Waals surface area contributed by atoms with Crippen molar-refractivity contribution in [2.45, 2.75) is 45.6 Å². The Bertz CT molecular complexity index is 654. The summed E-state index contributed by atoms with van der Waals surface area (Å²) in [5, 5.41) is 15.6. The smallest absolute Gasteiger partial charge is 0.191 e. The monoisotopic (exact) mass is 488 g/mol. The van der Waals surface area contributed by atoms with E-state index in [0.717, 1.165) is 26.1 Å². The topological polar surface area (TPSA) is 69.4 Å². The van der Waals surface area contributed by atoms with Crippen LogP contribution >= 0.6 is 24.0 Å². The summed E-state index contributed by atoms with van der Waals surface area (Å²) in [7, 11) is 1.74. The average Bonchev–Trinajstić information content (AvgIpc) is 3.12. The Morgan fingerprint density at radius 2 is 2.07 bits per heavy atom. The molecule has 5 nitrogen and oxygen atoms in total. The summed E-state index contributed by atoms with van der Waals surface area (Å²) in [4.78, 5) is 4.51. The lowest BCUT2D eigenvalue weighted by atomic mass is 9.83. The van der Waals surface area contributed by atoms with E-state index < -0.39 is 0 Å². The molecule has 7 heteroatoms. The van der Waals surface area contributed by atoms with Gasteiger partial charge in [-0.25, -0.2) is 9.38 Å². The van der Waals surface area contributed by atoms with Gasteiger partial charge in [0.1, 0.15) is 5.82 Å². The Hall–Kier alpha value is -1.40. The average molecular weight is 488 g/mol. The SMILES string of the molecule is CCNC(=NCc1cc(C#N)ccc1F)NCC1(CCOC)CCCC1.I. The zero-order chi connectivity index (χ0) is 18.8. The first kappa shape index (κ1) is 23.6. The molecule has 1 aliphatic rings. The van der Waals surface area contributed by atoms with Crippen molar-refractivity contribution in [1.29, 1.82) is 5.26 Å². The number of nitrogens with zero attached hydrogens (tertiary/aromatic N) is 2. The molecular weight excluding hydrogens is 458 g/mol. The first-order chi connectivity index (χ1) is 12.6. The molecule has 1 aromatic rings. The molecule has 27 heavy (non-hydrogen) atoms. The summed E-state index contributed by atoms with van der Waals surface area (Å²) >= 11 is 0. The highest BCUT2D eigenvalue weighted by Crippen LogP contribution is 2.40. The van der Waals surface area contributed by atoms with Crippen LogP contribution in [0, 0.1) is 22.6 Å². The summed E-state index contributed by atoms with van der Waals surface area (Å²) in [5.74, 6) is 0.342. The molecule has 0 amide bonds. The Morgan fingerprint density at radius 3 is 2.70 bits per heavy atom. The van der Waals surface area contributed by atoms with Crippen LogP contribution in [0.25, 0.3) is 0 Å². The van der Waals surface area contributed by atoms with Crippen LogP contribution in [-0.4, -0.2) is 32.8 Å². The van der Waals surface area contributed by atoms with E-state index in [1.807, 2.05) is 13.0 Å². The summed E-state index contributed by atoms with van der Waals surface area (Å²) in [6.07, 6.45) is 5.94. The Balaban J connectivity index is 0.00000364. The number of halogens is 2. The van der Waals surface area contributed by atoms with Crippen molar-refractivity contribution in [2.75, 3.05) is 26.8 Å². The fraction of sp³-hybridized carbons (Fsp3) is 0.600. The molecule has 1 saturated carbocycles. The van der Waals surface area contributed by atoms with Gasteiger partial charge in [0.2, 0.25) is 0 Å². The molecule has 150 valence electrons. The molecule has 0 unspecified atom stereocenters. The third-order valence-electron chi connectivity index (χ3n) is 5.06. The lowest BCUT2D eigenvalue weighted by Gasteiger charge is -2.30. The normalized spacial score (nSPS) is 15.7. The number of nitrogens with one attached hydrogen (secondary N) is 2. The zero-order valence-corrected chi connectivity index (χ0v) is 18.5. The van der Waals surface area contributed by atoms with Crippen LogP contribution in [-0.2, 0) is 11.3 Å². The van der Waals surface area contributed by atoms with Gasteiger partial charge in [0.05, 0.1) is 18.2 Å². The lowest BCUT2D eigenvalue weighted by molar-refractivity contribution is 0.138. The standard InChI is InChI=1S/C20H29FN4O.HI/c1-3-23-19(24-14-17-12-16(13-22)6-7-18(17)21)25-15-20(10-11-26-2)8-4-5-9-20;/h6-7,12H,3-5,8-11,14-15H2,1-2H3,(H2,23,24,25);1H. The van der Waals surface area contributed by atoms with Crippen molar-refractivity contribution in [1.82, 2.24) is 10.6 Å². The molecule has 1 aliphatic carbocycles. The molecule has 0 radical (unpaired) electrons. The van der Waals surface area contributed by atoms with E-state index in [2.05, 4.69) is 15.6 Å². The highest BCUT2D eigenvalue weighted by atomic mass is 127. The number of guanidine groups is 1. The highest BCUT2D eigenvalue weighted by molar-refractivity contribution is 14.0. The van der Waals surface area contributed by atoms with E-state index in [0.29, 0.717) is 17.1 Å². The van der Waals surface area contributed by atoms with Crippen molar-refractivity contribution in [3.63, 3.8) is 0 Å². The van der Waals surface area contributed by atoms with E-state index >= 15 is 0 Å². The lowest BCUT2D eigenvalue weighted by Crippen LogP contribution is -2.43. The fourth-order valence-electron chi connectivity index (χ4n) is 3.50. The maximum Gasteiger partial charge on any atom is 0.191 e. The van der Waals surface area contributed by atoms with Gasteiger partial charge in [0, 0.05) is 32.4 Å². The molecule has 0 saturated heterocycles. The third kappa shape index (κ3) is 7.26. The molecule has 1 aromatic carbocycles. The van der Waals surface area contributed by atoms with Gasteiger partial charge in [-0.1, -0.05) is 12.8 Å². The van der Waals surface area contributed by atoms with Gasteiger partial charge in [0.25, 0.3) is 0 Å². The molecule has 0 atom stereocenters. The van der Waals surface area contributed by atoms with Crippen LogP contribution in [0.4, 0.5) is 4.39 Å². The summed E-state index contributed by atoms with van der Waals surface area (Å²) in [6, 6.07) is 6.39. The van der Waals surface area contributed by atoms with Crippen LogP contribution in [0.2, 0.25) is 0 Å². The number of rotatable bonds is 8. The second-order valence-corrected chi connectivity index (χ2v) is 6.92. The fourth-order valence-corrected chi connectivity index (χ4v) is 3.50. The first-order valence-corrected chi connectivity index (χ1v) is 9.32. The predicted molar refractivity (Wildman–Crippen MR) is 117 cm³/mol. The summed E-state index contributed by atoms with van der Waals surface area (Å²) in [6.45, 7) is 4.54. The molecular formula is C20H30FIN4O. The first-order valence-electron chi connectivity index (χ1n) is 9.32. The molecule has 0 heterocycles. The molecule has 0 bridgehead atoms. The summed E-state index contributed by atoms with van der Waals surface area (Å²) in [5.41, 5.74) is 1.12. The van der Waals surface area contributed by atoms with Crippen LogP contribution in [0.15, 0.2) is 23.2 Å². The maximum absolute atomic E-state index is 13.9. The van der Waals surface area contributed by atoms with Crippen LogP contribution in [0.3, 0.4) is 0 Å². The maximum atomic E-state index is 13.9. The van der Waals surface area contributed by atoms with Crippen molar-refractivity contribution < 1.29 is 9.13 Å². The number of hydrogen-bond acceptors (Lipinski definition) is 3. The molecule has 2 N–H and O–H groups in total. The molecule has 0 spiro atoms. The van der Waals surface area contributed by atoms with E-state index in [9.17, 15) is 4.39 Å². The summed E-state index contributed by atoms with van der Waals surface area (Å²) < 4.78 is 19.2. The van der Waals surface area contributed by atoms with Crippen molar-refractivity contribution in [2.24, 2.45) is 10.4 Å². The highest BCUT2D eigenvalue weighted by Gasteiger charge is 2.33. The van der Waals surface area contributed by atoms with Gasteiger partial charge in [0.15, 0.2) is 5.96 Å². The Morgan fingerprint density at radius 1 is 1.33 bits per heavy atom. The van der Waals surface area contributed by atoms with Crippen molar-refractivity contribution in [3.05, 3.63) is 35.1 Å². The third-order valence-corrected chi connectivity index (χ3v) is 5.06.